The van der Waals surface area contributed by atoms with Gasteiger partial charge in [0.25, 0.3) is 11.5 Å². The molecule has 0 aliphatic carbocycles. The molecule has 0 saturated heterocycles. The van der Waals surface area contributed by atoms with E-state index in [1.807, 2.05) is 6.07 Å². The highest BCUT2D eigenvalue weighted by Gasteiger charge is 2.12. The molecule has 3 rings (SSSR count). The SMILES string of the molecule is C#CCn1nc(CNC(=O)c2cnccn2)c2ccccc2c1=O. The number of carbonyl (C=O) groups is 1. The summed E-state index contributed by atoms with van der Waals surface area (Å²) in [5.41, 5.74) is 0.504. The van der Waals surface area contributed by atoms with Gasteiger partial charge in [-0.1, -0.05) is 24.1 Å². The Balaban J connectivity index is 1.94. The van der Waals surface area contributed by atoms with Gasteiger partial charge in [-0.05, 0) is 6.07 Å². The lowest BCUT2D eigenvalue weighted by Gasteiger charge is -2.10. The summed E-state index contributed by atoms with van der Waals surface area (Å²) in [7, 11) is 0. The first kappa shape index (κ1) is 15.4. The van der Waals surface area contributed by atoms with E-state index in [4.69, 9.17) is 6.42 Å². The first-order valence-corrected chi connectivity index (χ1v) is 7.17. The largest absolute Gasteiger partial charge is 0.345 e. The van der Waals surface area contributed by atoms with Crippen molar-refractivity contribution in [2.24, 2.45) is 0 Å². The number of hydrogen-bond acceptors (Lipinski definition) is 5. The Morgan fingerprint density at radius 3 is 2.75 bits per heavy atom. The van der Waals surface area contributed by atoms with Gasteiger partial charge in [0.1, 0.15) is 12.2 Å². The average Bonchev–Trinajstić information content (AvgIpc) is 2.63. The monoisotopic (exact) mass is 319 g/mol. The zero-order chi connectivity index (χ0) is 16.9. The van der Waals surface area contributed by atoms with Gasteiger partial charge in [0.15, 0.2) is 0 Å². The van der Waals surface area contributed by atoms with Crippen molar-refractivity contribution in [2.45, 2.75) is 13.1 Å². The maximum absolute atomic E-state index is 12.3. The second-order valence-corrected chi connectivity index (χ2v) is 4.93. The summed E-state index contributed by atoms with van der Waals surface area (Å²) in [6.45, 7) is 0.204. The van der Waals surface area contributed by atoms with E-state index in [0.29, 0.717) is 16.5 Å². The molecule has 1 amide bonds. The average molecular weight is 319 g/mol. The molecule has 0 unspecified atom stereocenters. The van der Waals surface area contributed by atoms with Crippen molar-refractivity contribution in [3.63, 3.8) is 0 Å². The summed E-state index contributed by atoms with van der Waals surface area (Å²) >= 11 is 0. The number of carbonyl (C=O) groups excluding carboxylic acids is 1. The third-order valence-electron chi connectivity index (χ3n) is 3.40. The predicted molar refractivity (Wildman–Crippen MR) is 88.0 cm³/mol. The molecule has 0 saturated carbocycles. The summed E-state index contributed by atoms with van der Waals surface area (Å²) in [6.07, 6.45) is 9.59. The van der Waals surface area contributed by atoms with Crippen molar-refractivity contribution in [1.29, 1.82) is 0 Å². The van der Waals surface area contributed by atoms with Gasteiger partial charge in [0, 0.05) is 17.8 Å². The van der Waals surface area contributed by atoms with Crippen LogP contribution in [0.2, 0.25) is 0 Å². The lowest BCUT2D eigenvalue weighted by Crippen LogP contribution is -2.28. The number of rotatable bonds is 4. The van der Waals surface area contributed by atoms with E-state index in [1.54, 1.807) is 18.2 Å². The van der Waals surface area contributed by atoms with Crippen molar-refractivity contribution in [1.82, 2.24) is 25.1 Å². The Labute approximate surface area is 137 Å². The molecular weight excluding hydrogens is 306 g/mol. The van der Waals surface area contributed by atoms with E-state index in [2.05, 4.69) is 26.3 Å². The molecule has 1 N–H and O–H groups in total. The fourth-order valence-corrected chi connectivity index (χ4v) is 2.30. The number of amides is 1. The second-order valence-electron chi connectivity index (χ2n) is 4.93. The summed E-state index contributed by atoms with van der Waals surface area (Å²) in [4.78, 5) is 32.2. The van der Waals surface area contributed by atoms with Crippen molar-refractivity contribution in [3.8, 4) is 12.3 Å². The summed E-state index contributed by atoms with van der Waals surface area (Å²) in [5.74, 6) is 2.03. The van der Waals surface area contributed by atoms with Crippen LogP contribution in [0.5, 0.6) is 0 Å². The molecule has 118 valence electrons. The summed E-state index contributed by atoms with van der Waals surface area (Å²) < 4.78 is 1.21. The summed E-state index contributed by atoms with van der Waals surface area (Å²) in [5, 5.41) is 8.17. The van der Waals surface area contributed by atoms with Gasteiger partial charge in [0.05, 0.1) is 23.8 Å². The van der Waals surface area contributed by atoms with Crippen LogP contribution in [0.3, 0.4) is 0 Å². The summed E-state index contributed by atoms with van der Waals surface area (Å²) in [6, 6.07) is 7.07. The van der Waals surface area contributed by atoms with Gasteiger partial charge in [-0.2, -0.15) is 5.10 Å². The molecular formula is C17H13N5O2. The molecule has 0 atom stereocenters. The van der Waals surface area contributed by atoms with Crippen LogP contribution in [-0.4, -0.2) is 25.7 Å². The van der Waals surface area contributed by atoms with Crippen LogP contribution >= 0.6 is 0 Å². The Hall–Kier alpha value is -3.53. The number of benzene rings is 1. The van der Waals surface area contributed by atoms with Gasteiger partial charge in [0.2, 0.25) is 0 Å². The van der Waals surface area contributed by atoms with E-state index in [-0.39, 0.29) is 30.2 Å². The Morgan fingerprint density at radius 2 is 2.04 bits per heavy atom. The van der Waals surface area contributed by atoms with Crippen molar-refractivity contribution < 1.29 is 4.79 Å². The molecule has 2 aromatic heterocycles. The number of nitrogens with one attached hydrogen (secondary N) is 1. The number of fused-ring (bicyclic) bond motifs is 1. The van der Waals surface area contributed by atoms with Crippen molar-refractivity contribution in [2.75, 3.05) is 0 Å². The number of aromatic nitrogens is 4. The molecule has 0 fully saturated rings. The van der Waals surface area contributed by atoms with E-state index < -0.39 is 0 Å². The van der Waals surface area contributed by atoms with Crippen LogP contribution in [0, 0.1) is 12.3 Å². The molecule has 0 aliphatic heterocycles. The van der Waals surface area contributed by atoms with Crippen LogP contribution in [-0.2, 0) is 13.1 Å². The van der Waals surface area contributed by atoms with Gasteiger partial charge in [-0.15, -0.1) is 6.42 Å². The van der Waals surface area contributed by atoms with Crippen LogP contribution in [0.15, 0.2) is 47.7 Å². The van der Waals surface area contributed by atoms with Crippen LogP contribution in [0.4, 0.5) is 0 Å². The zero-order valence-corrected chi connectivity index (χ0v) is 12.6. The molecule has 2 heterocycles. The minimum atomic E-state index is -0.372. The Kier molecular flexibility index (Phi) is 4.29. The fourth-order valence-electron chi connectivity index (χ4n) is 2.30. The van der Waals surface area contributed by atoms with Gasteiger partial charge in [-0.3, -0.25) is 14.6 Å². The smallest absolute Gasteiger partial charge is 0.275 e. The lowest BCUT2D eigenvalue weighted by molar-refractivity contribution is 0.0945. The van der Waals surface area contributed by atoms with E-state index in [1.165, 1.54) is 23.3 Å². The minimum absolute atomic E-state index is 0.0643. The quantitative estimate of drug-likeness (QED) is 0.717. The highest BCUT2D eigenvalue weighted by molar-refractivity contribution is 5.92. The van der Waals surface area contributed by atoms with Crippen molar-refractivity contribution >= 4 is 16.7 Å². The van der Waals surface area contributed by atoms with Crippen molar-refractivity contribution in [3.05, 3.63) is 64.6 Å². The third kappa shape index (κ3) is 2.98. The molecule has 0 spiro atoms. The van der Waals surface area contributed by atoms with Gasteiger partial charge >= 0.3 is 0 Å². The van der Waals surface area contributed by atoms with Crippen LogP contribution < -0.4 is 10.9 Å². The number of hydrogen-bond donors (Lipinski definition) is 1. The lowest BCUT2D eigenvalue weighted by atomic mass is 10.1. The van der Waals surface area contributed by atoms with Crippen LogP contribution in [0.25, 0.3) is 10.8 Å². The molecule has 7 heteroatoms. The Bertz CT molecular complexity index is 989. The number of terminal acetylenes is 1. The molecule has 0 radical (unpaired) electrons. The molecule has 7 nitrogen and oxygen atoms in total. The predicted octanol–water partition coefficient (Wildman–Crippen LogP) is 0.750. The molecule has 0 aliphatic rings. The Morgan fingerprint density at radius 1 is 1.25 bits per heavy atom. The van der Waals surface area contributed by atoms with E-state index in [9.17, 15) is 9.59 Å². The normalized spacial score (nSPS) is 10.3. The second kappa shape index (κ2) is 6.71. The number of nitrogens with zero attached hydrogens (tertiary/aromatic N) is 4. The standard InChI is InChI=1S/C17H13N5O2/c1-2-9-22-17(24)13-6-4-3-5-12(13)14(21-22)11-20-16(23)15-10-18-7-8-19-15/h1,3-8,10H,9,11H2,(H,20,23). The zero-order valence-electron chi connectivity index (χ0n) is 12.6. The highest BCUT2D eigenvalue weighted by atomic mass is 16.2. The van der Waals surface area contributed by atoms with Gasteiger partial charge in [-0.25, -0.2) is 9.67 Å². The van der Waals surface area contributed by atoms with E-state index >= 15 is 0 Å². The first-order valence-electron chi connectivity index (χ1n) is 7.17. The molecule has 3 aromatic rings. The molecule has 0 bridgehead atoms. The molecule has 1 aromatic carbocycles. The minimum Gasteiger partial charge on any atom is -0.345 e. The van der Waals surface area contributed by atoms with E-state index in [0.717, 1.165) is 0 Å². The first-order chi connectivity index (χ1) is 11.7. The molecule has 24 heavy (non-hydrogen) atoms. The van der Waals surface area contributed by atoms with Crippen LogP contribution in [0.1, 0.15) is 16.2 Å². The maximum atomic E-state index is 12.3. The van der Waals surface area contributed by atoms with Gasteiger partial charge < -0.3 is 5.32 Å². The maximum Gasteiger partial charge on any atom is 0.275 e. The third-order valence-corrected chi connectivity index (χ3v) is 3.40. The highest BCUT2D eigenvalue weighted by Crippen LogP contribution is 2.13. The fraction of sp³-hybridized carbons (Fsp3) is 0.118. The topological polar surface area (TPSA) is 89.8 Å².